The maximum Gasteiger partial charge on any atom is 0.260 e. The molecule has 0 radical (unpaired) electrons. The van der Waals surface area contributed by atoms with Gasteiger partial charge in [0.15, 0.2) is 5.82 Å². The van der Waals surface area contributed by atoms with Crippen LogP contribution in [0.1, 0.15) is 11.4 Å². The first-order chi connectivity index (χ1) is 13.6. The van der Waals surface area contributed by atoms with Gasteiger partial charge in [0.1, 0.15) is 17.9 Å². The summed E-state index contributed by atoms with van der Waals surface area (Å²) in [5.74, 6) is 0.734. The highest BCUT2D eigenvalue weighted by Gasteiger charge is 2.15. The Morgan fingerprint density at radius 3 is 2.54 bits per heavy atom. The van der Waals surface area contributed by atoms with Crippen LogP contribution in [0.25, 0.3) is 21.3 Å². The molecule has 4 nitrogen and oxygen atoms in total. The monoisotopic (exact) mass is 408 g/mol. The maximum atomic E-state index is 12.8. The molecule has 0 saturated heterocycles. The number of rotatable bonds is 6. The van der Waals surface area contributed by atoms with Gasteiger partial charge in [0.05, 0.1) is 12.4 Å². The second kappa shape index (κ2) is 8.31. The number of benzene rings is 2. The summed E-state index contributed by atoms with van der Waals surface area (Å²) in [6.07, 6.45) is 2.08. The minimum atomic E-state index is -0.0581. The number of thioether (sulfide) groups is 1. The zero-order chi connectivity index (χ0) is 19.5. The smallest absolute Gasteiger partial charge is 0.260 e. The minimum absolute atomic E-state index is 0.0581. The van der Waals surface area contributed by atoms with Crippen LogP contribution in [0.2, 0.25) is 0 Å². The van der Waals surface area contributed by atoms with Gasteiger partial charge in [-0.1, -0.05) is 42.5 Å². The first kappa shape index (κ1) is 18.9. The number of aromatic amines is 1. The molecule has 28 heavy (non-hydrogen) atoms. The van der Waals surface area contributed by atoms with Crippen molar-refractivity contribution in [3.63, 3.8) is 0 Å². The van der Waals surface area contributed by atoms with E-state index in [9.17, 15) is 4.79 Å². The third kappa shape index (κ3) is 4.04. The van der Waals surface area contributed by atoms with E-state index in [1.54, 1.807) is 11.8 Å². The van der Waals surface area contributed by atoms with Crippen molar-refractivity contribution in [2.75, 3.05) is 13.3 Å². The molecular formula is C22H22N3OS2+. The van der Waals surface area contributed by atoms with Crippen LogP contribution in [0.3, 0.4) is 0 Å². The molecule has 142 valence electrons. The summed E-state index contributed by atoms with van der Waals surface area (Å²) in [4.78, 5) is 23.8. The molecule has 2 N–H and O–H groups in total. The van der Waals surface area contributed by atoms with E-state index in [0.717, 1.165) is 28.3 Å². The molecule has 0 aliphatic carbocycles. The number of nitrogens with zero attached hydrogens (tertiary/aromatic N) is 1. The molecule has 2 aromatic heterocycles. The Morgan fingerprint density at radius 1 is 1.07 bits per heavy atom. The molecule has 2 heterocycles. The fraction of sp³-hybridized carbons (Fsp3) is 0.182. The molecule has 1 unspecified atom stereocenters. The highest BCUT2D eigenvalue weighted by atomic mass is 32.2. The van der Waals surface area contributed by atoms with Crippen LogP contribution in [0.5, 0.6) is 0 Å². The molecule has 2 aromatic carbocycles. The Bertz CT molecular complexity index is 1130. The molecule has 0 saturated carbocycles. The molecule has 4 rings (SSSR count). The van der Waals surface area contributed by atoms with Crippen molar-refractivity contribution in [1.82, 2.24) is 9.97 Å². The van der Waals surface area contributed by atoms with Crippen LogP contribution in [0.4, 0.5) is 0 Å². The molecule has 0 bridgehead atoms. The van der Waals surface area contributed by atoms with Crippen molar-refractivity contribution >= 4 is 33.3 Å². The molecule has 0 aliphatic rings. The molecule has 0 fully saturated rings. The third-order valence-electron chi connectivity index (χ3n) is 4.71. The van der Waals surface area contributed by atoms with Crippen molar-refractivity contribution in [1.29, 1.82) is 0 Å². The maximum absolute atomic E-state index is 12.8. The van der Waals surface area contributed by atoms with E-state index in [1.165, 1.54) is 26.7 Å². The summed E-state index contributed by atoms with van der Waals surface area (Å²) in [7, 11) is 2.12. The van der Waals surface area contributed by atoms with Gasteiger partial charge in [0.25, 0.3) is 5.56 Å². The zero-order valence-electron chi connectivity index (χ0n) is 15.9. The van der Waals surface area contributed by atoms with Crippen molar-refractivity contribution < 1.29 is 4.90 Å². The highest BCUT2D eigenvalue weighted by molar-refractivity contribution is 7.98. The Hall–Kier alpha value is -2.41. The molecular weight excluding hydrogens is 386 g/mol. The van der Waals surface area contributed by atoms with Crippen LogP contribution in [-0.2, 0) is 13.1 Å². The Kier molecular flexibility index (Phi) is 5.62. The number of H-pyrrole nitrogens is 1. The number of hydrogen-bond donors (Lipinski definition) is 2. The zero-order valence-corrected chi connectivity index (χ0v) is 17.5. The summed E-state index contributed by atoms with van der Waals surface area (Å²) in [5, 5.41) is 2.71. The lowest BCUT2D eigenvalue weighted by Crippen LogP contribution is -3.06. The van der Waals surface area contributed by atoms with Crippen molar-refractivity contribution in [3.05, 3.63) is 81.7 Å². The summed E-state index contributed by atoms with van der Waals surface area (Å²) < 4.78 is 0. The fourth-order valence-electron chi connectivity index (χ4n) is 3.35. The van der Waals surface area contributed by atoms with Gasteiger partial charge in [-0.15, -0.1) is 23.1 Å². The lowest BCUT2D eigenvalue weighted by Gasteiger charge is -2.13. The van der Waals surface area contributed by atoms with Crippen LogP contribution in [-0.4, -0.2) is 23.3 Å². The van der Waals surface area contributed by atoms with Gasteiger partial charge in [0.2, 0.25) is 0 Å². The van der Waals surface area contributed by atoms with Gasteiger partial charge in [-0.2, -0.15) is 0 Å². The van der Waals surface area contributed by atoms with E-state index < -0.39 is 0 Å². The Morgan fingerprint density at radius 2 is 1.82 bits per heavy atom. The van der Waals surface area contributed by atoms with Gasteiger partial charge in [-0.3, -0.25) is 4.79 Å². The largest absolute Gasteiger partial charge is 0.327 e. The lowest BCUT2D eigenvalue weighted by atomic mass is 10.1. The summed E-state index contributed by atoms with van der Waals surface area (Å²) in [6, 6.07) is 18.6. The van der Waals surface area contributed by atoms with E-state index in [4.69, 9.17) is 4.98 Å². The number of quaternary nitrogens is 1. The van der Waals surface area contributed by atoms with Gasteiger partial charge >= 0.3 is 0 Å². The Balaban J connectivity index is 1.55. The van der Waals surface area contributed by atoms with Gasteiger partial charge in [0, 0.05) is 21.4 Å². The second-order valence-electron chi connectivity index (χ2n) is 6.87. The summed E-state index contributed by atoms with van der Waals surface area (Å²) in [5.41, 5.74) is 3.22. The average Bonchev–Trinajstić information content (AvgIpc) is 3.14. The Labute approximate surface area is 172 Å². The second-order valence-corrected chi connectivity index (χ2v) is 8.60. The number of hydrogen-bond acceptors (Lipinski definition) is 4. The predicted octanol–water partition coefficient (Wildman–Crippen LogP) is 3.59. The van der Waals surface area contributed by atoms with E-state index in [2.05, 4.69) is 42.6 Å². The van der Waals surface area contributed by atoms with Crippen LogP contribution < -0.4 is 10.5 Å². The average molecular weight is 409 g/mol. The van der Waals surface area contributed by atoms with Crippen LogP contribution in [0.15, 0.2) is 69.7 Å². The molecule has 0 spiro atoms. The molecule has 4 aromatic rings. The van der Waals surface area contributed by atoms with Crippen molar-refractivity contribution in [3.8, 4) is 11.1 Å². The summed E-state index contributed by atoms with van der Waals surface area (Å²) >= 11 is 3.28. The first-order valence-electron chi connectivity index (χ1n) is 9.14. The normalized spacial score (nSPS) is 12.4. The molecule has 1 atom stereocenters. The lowest BCUT2D eigenvalue weighted by molar-refractivity contribution is -0.908. The fourth-order valence-corrected chi connectivity index (χ4v) is 4.72. The van der Waals surface area contributed by atoms with Crippen molar-refractivity contribution in [2.24, 2.45) is 0 Å². The van der Waals surface area contributed by atoms with Crippen LogP contribution in [0, 0.1) is 0 Å². The van der Waals surface area contributed by atoms with Gasteiger partial charge in [-0.25, -0.2) is 4.98 Å². The van der Waals surface area contributed by atoms with Gasteiger partial charge < -0.3 is 9.88 Å². The number of nitrogens with one attached hydrogen (secondary N) is 2. The van der Waals surface area contributed by atoms with Gasteiger partial charge in [-0.05, 0) is 24.0 Å². The number of fused-ring (bicyclic) bond motifs is 1. The quantitative estimate of drug-likeness (QED) is 0.480. The molecule has 0 aliphatic heterocycles. The topological polar surface area (TPSA) is 50.2 Å². The van der Waals surface area contributed by atoms with E-state index in [1.807, 2.05) is 35.7 Å². The molecule has 0 amide bonds. The van der Waals surface area contributed by atoms with E-state index in [0.29, 0.717) is 11.9 Å². The predicted molar refractivity (Wildman–Crippen MR) is 118 cm³/mol. The van der Waals surface area contributed by atoms with E-state index >= 15 is 0 Å². The standard InChI is InChI=1S/C22H21N3OS2/c1-25(12-15-8-10-17(27-2)11-9-15)13-19-23-21(26)20-18(14-28-22(20)24-19)16-6-4-3-5-7-16/h3-11,14H,12-13H2,1-2H3,(H,23,24,26)/p+1. The SMILES string of the molecule is CSc1ccc(C[NH+](C)Cc2nc3scc(-c4ccccc4)c3c(=O)[nH]2)cc1. The first-order valence-corrected chi connectivity index (χ1v) is 11.2. The third-order valence-corrected chi connectivity index (χ3v) is 6.33. The highest BCUT2D eigenvalue weighted by Crippen LogP contribution is 2.30. The number of aromatic nitrogens is 2. The van der Waals surface area contributed by atoms with E-state index in [-0.39, 0.29) is 5.56 Å². The van der Waals surface area contributed by atoms with Crippen molar-refractivity contribution in [2.45, 2.75) is 18.0 Å². The van der Waals surface area contributed by atoms with Crippen LogP contribution >= 0.6 is 23.1 Å². The number of thiophene rings is 1. The molecule has 6 heteroatoms. The summed E-state index contributed by atoms with van der Waals surface area (Å²) in [6.45, 7) is 1.56. The minimum Gasteiger partial charge on any atom is -0.327 e.